The van der Waals surface area contributed by atoms with Crippen LogP contribution in [-0.2, 0) is 13.1 Å². The Morgan fingerprint density at radius 1 is 1.07 bits per heavy atom. The van der Waals surface area contributed by atoms with Crippen molar-refractivity contribution in [3.05, 3.63) is 47.8 Å². The number of halogens is 3. The fourth-order valence-electron chi connectivity index (χ4n) is 3.13. The van der Waals surface area contributed by atoms with Gasteiger partial charge >= 0.3 is 12.2 Å². The van der Waals surface area contributed by atoms with Gasteiger partial charge in [-0.05, 0) is 43.0 Å². The fourth-order valence-corrected chi connectivity index (χ4v) is 3.13. The van der Waals surface area contributed by atoms with Crippen molar-refractivity contribution in [1.82, 2.24) is 20.6 Å². The second kappa shape index (κ2) is 10.1. The molecule has 0 saturated carbocycles. The maximum atomic E-state index is 12.4. The van der Waals surface area contributed by atoms with Crippen LogP contribution in [0.2, 0.25) is 0 Å². The Bertz CT molecular complexity index is 841. The Balaban J connectivity index is 1.49. The van der Waals surface area contributed by atoms with E-state index in [0.717, 1.165) is 37.3 Å². The minimum atomic E-state index is -4.46. The van der Waals surface area contributed by atoms with Gasteiger partial charge < -0.3 is 20.3 Å². The van der Waals surface area contributed by atoms with Gasteiger partial charge in [0.1, 0.15) is 5.82 Å². The highest BCUT2D eigenvalue weighted by Gasteiger charge is 2.29. The molecule has 3 heterocycles. The Kier molecular flexibility index (Phi) is 7.31. The van der Waals surface area contributed by atoms with Crippen LogP contribution in [0.1, 0.15) is 30.4 Å². The van der Waals surface area contributed by atoms with Gasteiger partial charge in [0.25, 0.3) is 0 Å². The summed E-state index contributed by atoms with van der Waals surface area (Å²) in [7, 11) is 0. The Labute approximate surface area is 172 Å². The molecule has 0 atom stereocenters. The van der Waals surface area contributed by atoms with E-state index in [0.29, 0.717) is 12.1 Å². The standard InChI is InChI=1S/C20H24F3N5O2/c21-20(22,23)14-30-18-16(5-4-7-25-18)13-27-19(29)26-12-15-6-8-24-17(11-15)28-9-2-1-3-10-28/h4-8,11H,1-3,9-10,12-14H2,(H2,26,27,29). The lowest BCUT2D eigenvalue weighted by Crippen LogP contribution is -2.35. The van der Waals surface area contributed by atoms with Gasteiger partial charge in [-0.1, -0.05) is 6.07 Å². The summed E-state index contributed by atoms with van der Waals surface area (Å²) in [6.45, 7) is 0.814. The summed E-state index contributed by atoms with van der Waals surface area (Å²) in [6.07, 6.45) is 2.12. The first-order valence-electron chi connectivity index (χ1n) is 9.76. The van der Waals surface area contributed by atoms with Crippen molar-refractivity contribution in [3.63, 3.8) is 0 Å². The minimum absolute atomic E-state index is 0.0117. The molecule has 2 N–H and O–H groups in total. The van der Waals surface area contributed by atoms with E-state index in [4.69, 9.17) is 4.74 Å². The number of amides is 2. The number of pyridine rings is 2. The van der Waals surface area contributed by atoms with E-state index in [1.165, 1.54) is 12.6 Å². The van der Waals surface area contributed by atoms with Gasteiger partial charge in [0.15, 0.2) is 6.61 Å². The topological polar surface area (TPSA) is 79.4 Å². The second-order valence-corrected chi connectivity index (χ2v) is 6.98. The summed E-state index contributed by atoms with van der Waals surface area (Å²) in [5, 5.41) is 5.34. The highest BCUT2D eigenvalue weighted by molar-refractivity contribution is 5.73. The quantitative estimate of drug-likeness (QED) is 0.714. The molecule has 2 aromatic heterocycles. The van der Waals surface area contributed by atoms with E-state index in [9.17, 15) is 18.0 Å². The molecule has 30 heavy (non-hydrogen) atoms. The molecule has 1 aliphatic rings. The molecule has 2 amide bonds. The highest BCUT2D eigenvalue weighted by Crippen LogP contribution is 2.20. The van der Waals surface area contributed by atoms with Crippen LogP contribution in [0.4, 0.5) is 23.8 Å². The zero-order valence-electron chi connectivity index (χ0n) is 16.4. The van der Waals surface area contributed by atoms with Crippen molar-refractivity contribution in [1.29, 1.82) is 0 Å². The predicted octanol–water partition coefficient (Wildman–Crippen LogP) is 3.41. The zero-order chi connectivity index (χ0) is 21.4. The minimum Gasteiger partial charge on any atom is -0.468 e. The first-order chi connectivity index (χ1) is 14.4. The Hall–Kier alpha value is -3.04. The lowest BCUT2D eigenvalue weighted by Gasteiger charge is -2.27. The third-order valence-electron chi connectivity index (χ3n) is 4.60. The van der Waals surface area contributed by atoms with Crippen LogP contribution in [0.5, 0.6) is 5.88 Å². The molecule has 0 aromatic carbocycles. The number of rotatable bonds is 7. The van der Waals surface area contributed by atoms with Crippen molar-refractivity contribution >= 4 is 11.8 Å². The molecule has 3 rings (SSSR count). The van der Waals surface area contributed by atoms with Gasteiger partial charge in [-0.2, -0.15) is 13.2 Å². The number of hydrogen-bond acceptors (Lipinski definition) is 5. The lowest BCUT2D eigenvalue weighted by atomic mass is 10.1. The van der Waals surface area contributed by atoms with E-state index in [2.05, 4.69) is 25.5 Å². The van der Waals surface area contributed by atoms with E-state index in [-0.39, 0.29) is 12.4 Å². The van der Waals surface area contributed by atoms with Crippen molar-refractivity contribution in [2.24, 2.45) is 0 Å². The molecule has 0 unspecified atom stereocenters. The van der Waals surface area contributed by atoms with Crippen LogP contribution in [-0.4, -0.2) is 41.9 Å². The van der Waals surface area contributed by atoms with E-state index in [1.54, 1.807) is 18.3 Å². The second-order valence-electron chi connectivity index (χ2n) is 6.98. The van der Waals surface area contributed by atoms with Crippen LogP contribution < -0.4 is 20.3 Å². The largest absolute Gasteiger partial charge is 0.468 e. The van der Waals surface area contributed by atoms with Crippen LogP contribution in [0, 0.1) is 0 Å². The normalized spacial score (nSPS) is 14.3. The maximum Gasteiger partial charge on any atom is 0.422 e. The first-order valence-corrected chi connectivity index (χ1v) is 9.76. The number of nitrogens with one attached hydrogen (secondary N) is 2. The van der Waals surface area contributed by atoms with Gasteiger partial charge in [-0.3, -0.25) is 0 Å². The molecule has 0 spiro atoms. The molecular formula is C20H24F3N5O2. The average Bonchev–Trinajstić information content (AvgIpc) is 2.75. The van der Waals surface area contributed by atoms with Crippen LogP contribution >= 0.6 is 0 Å². The molecule has 1 saturated heterocycles. The van der Waals surface area contributed by atoms with E-state index >= 15 is 0 Å². The fraction of sp³-hybridized carbons (Fsp3) is 0.450. The summed E-state index contributed by atoms with van der Waals surface area (Å²) < 4.78 is 41.8. The number of anilines is 1. The third kappa shape index (κ3) is 6.78. The number of urea groups is 1. The van der Waals surface area contributed by atoms with E-state index in [1.807, 2.05) is 12.1 Å². The number of ether oxygens (including phenoxy) is 1. The van der Waals surface area contributed by atoms with Gasteiger partial charge in [0.2, 0.25) is 5.88 Å². The SMILES string of the molecule is O=C(NCc1ccnc(N2CCCCC2)c1)NCc1cccnc1OCC(F)(F)F. The summed E-state index contributed by atoms with van der Waals surface area (Å²) in [6, 6.07) is 6.45. The van der Waals surface area contributed by atoms with Crippen molar-refractivity contribution in [3.8, 4) is 5.88 Å². The first kappa shape index (κ1) is 21.7. The molecule has 7 nitrogen and oxygen atoms in total. The summed E-state index contributed by atoms with van der Waals surface area (Å²) in [4.78, 5) is 22.6. The van der Waals surface area contributed by atoms with Crippen molar-refractivity contribution < 1.29 is 22.7 Å². The summed E-state index contributed by atoms with van der Waals surface area (Å²) in [5.41, 5.74) is 1.27. The van der Waals surface area contributed by atoms with Crippen molar-refractivity contribution in [2.75, 3.05) is 24.6 Å². The maximum absolute atomic E-state index is 12.4. The molecule has 1 fully saturated rings. The predicted molar refractivity (Wildman–Crippen MR) is 105 cm³/mol. The lowest BCUT2D eigenvalue weighted by molar-refractivity contribution is -0.154. The number of alkyl halides is 3. The number of aromatic nitrogens is 2. The number of carbonyl (C=O) groups is 1. The molecular weight excluding hydrogens is 399 g/mol. The van der Waals surface area contributed by atoms with Gasteiger partial charge in [0.05, 0.1) is 0 Å². The summed E-state index contributed by atoms with van der Waals surface area (Å²) >= 11 is 0. The smallest absolute Gasteiger partial charge is 0.422 e. The molecule has 10 heteroatoms. The Morgan fingerprint density at radius 3 is 2.60 bits per heavy atom. The molecule has 2 aromatic rings. The number of nitrogens with zero attached hydrogens (tertiary/aromatic N) is 3. The molecule has 0 bridgehead atoms. The van der Waals surface area contributed by atoms with E-state index < -0.39 is 18.8 Å². The zero-order valence-corrected chi connectivity index (χ0v) is 16.4. The van der Waals surface area contributed by atoms with Gasteiger partial charge in [-0.15, -0.1) is 0 Å². The number of piperidine rings is 1. The van der Waals surface area contributed by atoms with Gasteiger partial charge in [0, 0.05) is 44.1 Å². The van der Waals surface area contributed by atoms with Crippen LogP contribution in [0.3, 0.4) is 0 Å². The van der Waals surface area contributed by atoms with Crippen LogP contribution in [0.25, 0.3) is 0 Å². The van der Waals surface area contributed by atoms with Crippen molar-refractivity contribution in [2.45, 2.75) is 38.5 Å². The van der Waals surface area contributed by atoms with Crippen LogP contribution in [0.15, 0.2) is 36.7 Å². The summed E-state index contributed by atoms with van der Waals surface area (Å²) in [5.74, 6) is 0.742. The Morgan fingerprint density at radius 2 is 1.83 bits per heavy atom. The van der Waals surface area contributed by atoms with Gasteiger partial charge in [-0.25, -0.2) is 14.8 Å². The number of carbonyl (C=O) groups excluding carboxylic acids is 1. The molecule has 0 aliphatic carbocycles. The monoisotopic (exact) mass is 423 g/mol. The molecule has 0 radical (unpaired) electrons. The highest BCUT2D eigenvalue weighted by atomic mass is 19.4. The average molecular weight is 423 g/mol. The number of hydrogen-bond donors (Lipinski definition) is 2. The molecule has 1 aliphatic heterocycles. The molecule has 162 valence electrons. The third-order valence-corrected chi connectivity index (χ3v) is 4.60.